The number of carbonyl (C=O) groups excluding carboxylic acids is 2. The van der Waals surface area contributed by atoms with Gasteiger partial charge in [-0.15, -0.1) is 0 Å². The molecule has 0 bridgehead atoms. The Morgan fingerprint density at radius 2 is 1.76 bits per heavy atom. The molecule has 0 saturated heterocycles. The monoisotopic (exact) mass is 234 g/mol. The Bertz CT molecular complexity index is 365. The molecule has 1 saturated carbocycles. The van der Waals surface area contributed by atoms with Crippen LogP contribution in [0.15, 0.2) is 25.3 Å². The van der Waals surface area contributed by atoms with Crippen molar-refractivity contribution in [2.24, 2.45) is 16.7 Å². The van der Waals surface area contributed by atoms with Crippen molar-refractivity contribution in [1.29, 1.82) is 0 Å². The molecule has 1 rings (SSSR count). The van der Waals surface area contributed by atoms with Crippen LogP contribution < -0.4 is 0 Å². The molecule has 0 heterocycles. The summed E-state index contributed by atoms with van der Waals surface area (Å²) in [6, 6.07) is 0. The van der Waals surface area contributed by atoms with Gasteiger partial charge in [0, 0.05) is 11.8 Å². The molecular weight excluding hydrogens is 212 g/mol. The summed E-state index contributed by atoms with van der Waals surface area (Å²) in [6.45, 7) is 13.3. The Labute approximate surface area is 104 Å². The molecule has 1 aliphatic carbocycles. The fraction of sp³-hybridized carbons (Fsp3) is 0.600. The standard InChI is InChI=1S/C15H22O2/c1-6-11(16)10-12-14(3,4)8-9-15(12,5)13(17)7-2/h6-7,12H,1-2,8-10H2,3-5H3/t12-,15+/m0/s1. The molecule has 0 radical (unpaired) electrons. The van der Waals surface area contributed by atoms with E-state index in [4.69, 9.17) is 0 Å². The molecule has 94 valence electrons. The Kier molecular flexibility index (Phi) is 3.75. The lowest BCUT2D eigenvalue weighted by Crippen LogP contribution is -2.36. The lowest BCUT2D eigenvalue weighted by Gasteiger charge is -2.35. The maximum atomic E-state index is 12.0. The molecule has 0 N–H and O–H groups in total. The van der Waals surface area contributed by atoms with E-state index in [-0.39, 0.29) is 22.9 Å². The molecule has 0 unspecified atom stereocenters. The molecule has 0 aromatic carbocycles. The average Bonchev–Trinajstić information content (AvgIpc) is 2.52. The first-order valence-corrected chi connectivity index (χ1v) is 6.10. The largest absolute Gasteiger partial charge is 0.295 e. The molecule has 0 aromatic heterocycles. The second kappa shape index (κ2) is 4.59. The van der Waals surface area contributed by atoms with E-state index in [0.29, 0.717) is 6.42 Å². The van der Waals surface area contributed by atoms with E-state index in [1.54, 1.807) is 0 Å². The zero-order chi connectivity index (χ0) is 13.3. The van der Waals surface area contributed by atoms with Crippen LogP contribution in [-0.2, 0) is 9.59 Å². The molecule has 1 aliphatic rings. The molecular formula is C15H22O2. The Hall–Kier alpha value is -1.18. The van der Waals surface area contributed by atoms with Crippen LogP contribution in [-0.4, -0.2) is 11.6 Å². The minimum atomic E-state index is -0.441. The fourth-order valence-corrected chi connectivity index (χ4v) is 3.11. The van der Waals surface area contributed by atoms with Gasteiger partial charge in [0.15, 0.2) is 11.6 Å². The summed E-state index contributed by atoms with van der Waals surface area (Å²) < 4.78 is 0. The van der Waals surface area contributed by atoms with Gasteiger partial charge in [-0.25, -0.2) is 0 Å². The normalized spacial score (nSPS) is 30.9. The predicted molar refractivity (Wildman–Crippen MR) is 69.6 cm³/mol. The third kappa shape index (κ3) is 2.41. The SMILES string of the molecule is C=CC(=O)C[C@H]1C(C)(C)CC[C@@]1(C)C(=O)C=C. The Morgan fingerprint density at radius 3 is 2.24 bits per heavy atom. The van der Waals surface area contributed by atoms with Gasteiger partial charge in [0.1, 0.15) is 0 Å². The summed E-state index contributed by atoms with van der Waals surface area (Å²) in [6.07, 6.45) is 4.96. The number of hydrogen-bond acceptors (Lipinski definition) is 2. The zero-order valence-electron chi connectivity index (χ0n) is 11.1. The fourth-order valence-electron chi connectivity index (χ4n) is 3.11. The summed E-state index contributed by atoms with van der Waals surface area (Å²) >= 11 is 0. The van der Waals surface area contributed by atoms with E-state index in [1.165, 1.54) is 12.2 Å². The van der Waals surface area contributed by atoms with Gasteiger partial charge in [-0.2, -0.15) is 0 Å². The van der Waals surface area contributed by atoms with Gasteiger partial charge >= 0.3 is 0 Å². The van der Waals surface area contributed by atoms with Crippen molar-refractivity contribution < 1.29 is 9.59 Å². The quantitative estimate of drug-likeness (QED) is 0.684. The van der Waals surface area contributed by atoms with Crippen LogP contribution in [0.2, 0.25) is 0 Å². The van der Waals surface area contributed by atoms with Gasteiger partial charge in [-0.3, -0.25) is 9.59 Å². The first-order chi connectivity index (χ1) is 7.78. The van der Waals surface area contributed by atoms with Crippen molar-refractivity contribution in [3.8, 4) is 0 Å². The van der Waals surface area contributed by atoms with Crippen molar-refractivity contribution in [3.63, 3.8) is 0 Å². The highest BCUT2D eigenvalue weighted by molar-refractivity contribution is 5.96. The van der Waals surface area contributed by atoms with E-state index in [1.807, 2.05) is 6.92 Å². The number of rotatable bonds is 5. The summed E-state index contributed by atoms with van der Waals surface area (Å²) in [5.74, 6) is 0.156. The molecule has 0 aliphatic heterocycles. The number of carbonyl (C=O) groups is 2. The van der Waals surface area contributed by atoms with Gasteiger partial charge < -0.3 is 0 Å². The van der Waals surface area contributed by atoms with E-state index < -0.39 is 5.41 Å². The van der Waals surface area contributed by atoms with Crippen LogP contribution in [0.3, 0.4) is 0 Å². The maximum absolute atomic E-state index is 12.0. The maximum Gasteiger partial charge on any atom is 0.161 e. The highest BCUT2D eigenvalue weighted by Crippen LogP contribution is 2.56. The minimum Gasteiger partial charge on any atom is -0.295 e. The first kappa shape index (κ1) is 13.9. The summed E-state index contributed by atoms with van der Waals surface area (Å²) in [4.78, 5) is 23.6. The van der Waals surface area contributed by atoms with Crippen molar-refractivity contribution in [2.75, 3.05) is 0 Å². The second-order valence-corrected chi connectivity index (χ2v) is 5.90. The summed E-state index contributed by atoms with van der Waals surface area (Å²) in [5, 5.41) is 0. The van der Waals surface area contributed by atoms with Gasteiger partial charge in [0.05, 0.1) is 0 Å². The Morgan fingerprint density at radius 1 is 1.18 bits per heavy atom. The highest BCUT2D eigenvalue weighted by Gasteiger charge is 2.52. The molecule has 17 heavy (non-hydrogen) atoms. The van der Waals surface area contributed by atoms with E-state index in [0.717, 1.165) is 12.8 Å². The molecule has 2 nitrogen and oxygen atoms in total. The topological polar surface area (TPSA) is 34.1 Å². The minimum absolute atomic E-state index is 0.0199. The highest BCUT2D eigenvalue weighted by atomic mass is 16.1. The van der Waals surface area contributed by atoms with Gasteiger partial charge in [0.2, 0.25) is 0 Å². The van der Waals surface area contributed by atoms with Gasteiger partial charge in [-0.1, -0.05) is 33.9 Å². The number of allylic oxidation sites excluding steroid dienone is 2. The van der Waals surface area contributed by atoms with Gasteiger partial charge in [-0.05, 0) is 36.3 Å². The Balaban J connectivity index is 3.06. The van der Waals surface area contributed by atoms with E-state index in [2.05, 4.69) is 27.0 Å². The van der Waals surface area contributed by atoms with Crippen molar-refractivity contribution in [3.05, 3.63) is 25.3 Å². The van der Waals surface area contributed by atoms with Crippen LogP contribution >= 0.6 is 0 Å². The van der Waals surface area contributed by atoms with Crippen LogP contribution in [0.1, 0.15) is 40.0 Å². The smallest absolute Gasteiger partial charge is 0.161 e. The van der Waals surface area contributed by atoms with Crippen molar-refractivity contribution in [1.82, 2.24) is 0 Å². The predicted octanol–water partition coefficient (Wildman–Crippen LogP) is 3.33. The van der Waals surface area contributed by atoms with Crippen molar-refractivity contribution in [2.45, 2.75) is 40.0 Å². The van der Waals surface area contributed by atoms with Crippen LogP contribution in [0.25, 0.3) is 0 Å². The third-order valence-corrected chi connectivity index (χ3v) is 4.38. The summed E-state index contributed by atoms with van der Waals surface area (Å²) in [5.41, 5.74) is -0.421. The molecule has 0 spiro atoms. The van der Waals surface area contributed by atoms with Crippen LogP contribution in [0.5, 0.6) is 0 Å². The second-order valence-electron chi connectivity index (χ2n) is 5.90. The summed E-state index contributed by atoms with van der Waals surface area (Å²) in [7, 11) is 0. The lowest BCUT2D eigenvalue weighted by molar-refractivity contribution is -0.127. The van der Waals surface area contributed by atoms with E-state index >= 15 is 0 Å². The average molecular weight is 234 g/mol. The van der Waals surface area contributed by atoms with Crippen LogP contribution in [0.4, 0.5) is 0 Å². The molecule has 2 heteroatoms. The number of ketones is 2. The number of hydrogen-bond donors (Lipinski definition) is 0. The van der Waals surface area contributed by atoms with Crippen molar-refractivity contribution >= 4 is 11.6 Å². The molecule has 1 fully saturated rings. The molecule has 0 amide bonds. The zero-order valence-corrected chi connectivity index (χ0v) is 11.1. The molecule has 2 atom stereocenters. The third-order valence-electron chi connectivity index (χ3n) is 4.38. The lowest BCUT2D eigenvalue weighted by atomic mass is 9.67. The molecule has 0 aromatic rings. The van der Waals surface area contributed by atoms with E-state index in [9.17, 15) is 9.59 Å². The van der Waals surface area contributed by atoms with Gasteiger partial charge in [0.25, 0.3) is 0 Å². The first-order valence-electron chi connectivity index (χ1n) is 6.10. The van der Waals surface area contributed by atoms with Crippen LogP contribution in [0, 0.1) is 16.7 Å².